The molecular formula is C17H20N6S2. The van der Waals surface area contributed by atoms with Crippen molar-refractivity contribution in [1.82, 2.24) is 15.3 Å². The highest BCUT2D eigenvalue weighted by Gasteiger charge is 2.13. The molecule has 8 heteroatoms. The molecule has 130 valence electrons. The van der Waals surface area contributed by atoms with E-state index in [4.69, 9.17) is 5.73 Å². The Kier molecular flexibility index (Phi) is 5.62. The first-order chi connectivity index (χ1) is 12.2. The highest BCUT2D eigenvalue weighted by Crippen LogP contribution is 2.30. The van der Waals surface area contributed by atoms with Crippen LogP contribution in [0, 0.1) is 0 Å². The number of guanidine groups is 1. The van der Waals surface area contributed by atoms with E-state index < -0.39 is 0 Å². The fraction of sp³-hybridized carbons (Fsp3) is 0.235. The van der Waals surface area contributed by atoms with Crippen LogP contribution < -0.4 is 16.4 Å². The molecule has 0 aliphatic carbocycles. The number of thiazole rings is 2. The average Bonchev–Trinajstić information content (AvgIpc) is 3.29. The summed E-state index contributed by atoms with van der Waals surface area (Å²) in [4.78, 5) is 13.7. The summed E-state index contributed by atoms with van der Waals surface area (Å²) in [6.07, 6.45) is 6.51. The molecular weight excluding hydrogens is 352 g/mol. The van der Waals surface area contributed by atoms with Crippen LogP contribution in [0.25, 0.3) is 17.0 Å². The Hall–Kier alpha value is -2.45. The number of rotatable bonds is 5. The molecule has 0 atom stereocenters. The number of hydrogen-bond acceptors (Lipinski definition) is 8. The van der Waals surface area contributed by atoms with Gasteiger partial charge in [0, 0.05) is 35.1 Å². The summed E-state index contributed by atoms with van der Waals surface area (Å²) >= 11 is 3.07. The van der Waals surface area contributed by atoms with Gasteiger partial charge in [0.25, 0.3) is 0 Å². The summed E-state index contributed by atoms with van der Waals surface area (Å²) in [6.45, 7) is 7.43. The van der Waals surface area contributed by atoms with Crippen molar-refractivity contribution >= 4 is 39.3 Å². The average molecular weight is 373 g/mol. The van der Waals surface area contributed by atoms with Crippen LogP contribution in [-0.4, -0.2) is 29.0 Å². The standard InChI is InChI=1S/C17H20N6S2/c1-3-6-11(12(18)4-2)15-21-13(9-24-15)14-10-25-17(22-14)23-16-19-7-5-8-20-16/h3-4,6,9-10H,1,5,7-8,18H2,2H3,(H2,19,20,22,23)/b11-6+,12-4+. The van der Waals surface area contributed by atoms with Crippen LogP contribution in [0.15, 0.2) is 46.3 Å². The molecule has 25 heavy (non-hydrogen) atoms. The van der Waals surface area contributed by atoms with E-state index in [0.717, 1.165) is 52.6 Å². The lowest BCUT2D eigenvalue weighted by Crippen LogP contribution is -2.35. The fourth-order valence-corrected chi connectivity index (χ4v) is 3.81. The maximum absolute atomic E-state index is 6.06. The summed E-state index contributed by atoms with van der Waals surface area (Å²) in [5, 5.41) is 12.1. The molecule has 0 aromatic carbocycles. The van der Waals surface area contributed by atoms with E-state index in [9.17, 15) is 0 Å². The van der Waals surface area contributed by atoms with Crippen LogP contribution in [0.2, 0.25) is 0 Å². The molecule has 0 fully saturated rings. The van der Waals surface area contributed by atoms with Crippen molar-refractivity contribution in [2.45, 2.75) is 13.3 Å². The lowest BCUT2D eigenvalue weighted by Gasteiger charge is -2.13. The predicted octanol–water partition coefficient (Wildman–Crippen LogP) is 3.46. The van der Waals surface area contributed by atoms with Gasteiger partial charge in [-0.15, -0.1) is 22.7 Å². The molecule has 0 amide bonds. The first kappa shape index (κ1) is 17.4. The Morgan fingerprint density at radius 3 is 2.84 bits per heavy atom. The highest BCUT2D eigenvalue weighted by molar-refractivity contribution is 7.14. The van der Waals surface area contributed by atoms with Crippen LogP contribution in [-0.2, 0) is 0 Å². The largest absolute Gasteiger partial charge is 0.398 e. The molecule has 0 saturated heterocycles. The summed E-state index contributed by atoms with van der Waals surface area (Å²) < 4.78 is 0. The quantitative estimate of drug-likeness (QED) is 0.700. The van der Waals surface area contributed by atoms with Gasteiger partial charge >= 0.3 is 0 Å². The Morgan fingerprint density at radius 2 is 2.12 bits per heavy atom. The van der Waals surface area contributed by atoms with Gasteiger partial charge in [0.2, 0.25) is 0 Å². The predicted molar refractivity (Wildman–Crippen MR) is 108 cm³/mol. The monoisotopic (exact) mass is 372 g/mol. The number of hydrogen-bond donors (Lipinski definition) is 3. The van der Waals surface area contributed by atoms with Gasteiger partial charge in [-0.2, -0.15) is 0 Å². The van der Waals surface area contributed by atoms with E-state index >= 15 is 0 Å². The van der Waals surface area contributed by atoms with Gasteiger partial charge in [-0.1, -0.05) is 24.8 Å². The molecule has 1 aliphatic rings. The van der Waals surface area contributed by atoms with Crippen LogP contribution in [0.3, 0.4) is 0 Å². The Labute approximate surface area is 154 Å². The first-order valence-corrected chi connectivity index (χ1v) is 9.69. The van der Waals surface area contributed by atoms with Crippen LogP contribution in [0.5, 0.6) is 0 Å². The lowest BCUT2D eigenvalue weighted by atomic mass is 10.2. The van der Waals surface area contributed by atoms with Crippen molar-refractivity contribution in [2.24, 2.45) is 10.7 Å². The maximum Gasteiger partial charge on any atom is 0.197 e. The minimum absolute atomic E-state index is 0.683. The molecule has 3 heterocycles. The number of allylic oxidation sites excluding steroid dienone is 4. The third kappa shape index (κ3) is 4.15. The molecule has 3 rings (SSSR count). The van der Waals surface area contributed by atoms with Gasteiger partial charge in [0.05, 0.1) is 0 Å². The molecule has 0 spiro atoms. The molecule has 2 aromatic rings. The second-order valence-corrected chi connectivity index (χ2v) is 6.99. The number of aliphatic imine (C=N–C) groups is 1. The molecule has 6 nitrogen and oxygen atoms in total. The maximum atomic E-state index is 6.06. The number of aromatic nitrogens is 2. The molecule has 0 radical (unpaired) electrons. The minimum atomic E-state index is 0.683. The van der Waals surface area contributed by atoms with Gasteiger partial charge in [-0.05, 0) is 13.3 Å². The van der Waals surface area contributed by atoms with E-state index in [1.54, 1.807) is 17.4 Å². The SMILES string of the molecule is C=C/C=C(\C(N)=C/C)c1nc(-c2csc(NC3=NCCCN3)n2)cs1. The summed E-state index contributed by atoms with van der Waals surface area (Å²) in [7, 11) is 0. The van der Waals surface area contributed by atoms with Gasteiger partial charge in [0.1, 0.15) is 16.4 Å². The van der Waals surface area contributed by atoms with E-state index in [0.29, 0.717) is 5.70 Å². The van der Waals surface area contributed by atoms with Crippen molar-refractivity contribution in [3.05, 3.63) is 46.3 Å². The molecule has 2 aromatic heterocycles. The van der Waals surface area contributed by atoms with Gasteiger partial charge in [0.15, 0.2) is 11.1 Å². The van der Waals surface area contributed by atoms with E-state index in [2.05, 4.69) is 32.2 Å². The van der Waals surface area contributed by atoms with Gasteiger partial charge < -0.3 is 16.4 Å². The summed E-state index contributed by atoms with van der Waals surface area (Å²) in [5.74, 6) is 0.781. The number of nitrogens with two attached hydrogens (primary N) is 1. The third-order valence-electron chi connectivity index (χ3n) is 3.53. The summed E-state index contributed by atoms with van der Waals surface area (Å²) in [5.41, 5.74) is 9.29. The van der Waals surface area contributed by atoms with Crippen LogP contribution in [0.4, 0.5) is 5.13 Å². The normalized spacial score (nSPS) is 15.5. The Morgan fingerprint density at radius 1 is 1.32 bits per heavy atom. The topological polar surface area (TPSA) is 88.2 Å². The Balaban J connectivity index is 1.79. The fourth-order valence-electron chi connectivity index (χ4n) is 2.25. The van der Waals surface area contributed by atoms with Crippen LogP contribution in [0.1, 0.15) is 18.4 Å². The molecule has 1 aliphatic heterocycles. The first-order valence-electron chi connectivity index (χ1n) is 7.93. The van der Waals surface area contributed by atoms with E-state index in [-0.39, 0.29) is 0 Å². The van der Waals surface area contributed by atoms with Gasteiger partial charge in [-0.3, -0.25) is 4.99 Å². The zero-order valence-electron chi connectivity index (χ0n) is 14.0. The molecule has 0 saturated carbocycles. The number of anilines is 1. The zero-order chi connectivity index (χ0) is 17.6. The molecule has 4 N–H and O–H groups in total. The molecule has 0 unspecified atom stereocenters. The van der Waals surface area contributed by atoms with Crippen LogP contribution >= 0.6 is 22.7 Å². The van der Waals surface area contributed by atoms with Gasteiger partial charge in [-0.25, -0.2) is 9.97 Å². The Bertz CT molecular complexity index is 843. The van der Waals surface area contributed by atoms with Crippen molar-refractivity contribution in [2.75, 3.05) is 18.4 Å². The number of nitrogens with one attached hydrogen (secondary N) is 2. The summed E-state index contributed by atoms with van der Waals surface area (Å²) in [6, 6.07) is 0. The van der Waals surface area contributed by atoms with Crippen molar-refractivity contribution in [3.63, 3.8) is 0 Å². The van der Waals surface area contributed by atoms with E-state index in [1.165, 1.54) is 11.3 Å². The molecule has 0 bridgehead atoms. The number of nitrogens with zero attached hydrogens (tertiary/aromatic N) is 3. The van der Waals surface area contributed by atoms with Crippen molar-refractivity contribution in [3.8, 4) is 11.4 Å². The highest BCUT2D eigenvalue weighted by atomic mass is 32.1. The minimum Gasteiger partial charge on any atom is -0.398 e. The zero-order valence-corrected chi connectivity index (χ0v) is 15.6. The third-order valence-corrected chi connectivity index (χ3v) is 5.16. The lowest BCUT2D eigenvalue weighted by molar-refractivity contribution is 0.740. The van der Waals surface area contributed by atoms with Crippen molar-refractivity contribution in [1.29, 1.82) is 0 Å². The van der Waals surface area contributed by atoms with E-state index in [1.807, 2.05) is 29.8 Å². The second kappa shape index (κ2) is 8.09. The van der Waals surface area contributed by atoms with Crippen molar-refractivity contribution < 1.29 is 0 Å². The second-order valence-electron chi connectivity index (χ2n) is 5.27. The smallest absolute Gasteiger partial charge is 0.197 e.